The third kappa shape index (κ3) is 4.81. The van der Waals surface area contributed by atoms with E-state index in [0.29, 0.717) is 25.5 Å². The van der Waals surface area contributed by atoms with Gasteiger partial charge in [-0.15, -0.1) is 11.3 Å². The quantitative estimate of drug-likeness (QED) is 0.462. The average Bonchev–Trinajstić information content (AvgIpc) is 3.32. The number of anilines is 1. The van der Waals surface area contributed by atoms with Gasteiger partial charge >= 0.3 is 5.97 Å². The van der Waals surface area contributed by atoms with Crippen molar-refractivity contribution >= 4 is 34.0 Å². The summed E-state index contributed by atoms with van der Waals surface area (Å²) in [7, 11) is 0. The van der Waals surface area contributed by atoms with E-state index in [1.54, 1.807) is 40.8 Å². The minimum Gasteiger partial charge on any atom is -0.447 e. The molecule has 25 heavy (non-hydrogen) atoms. The Morgan fingerprint density at radius 3 is 3.04 bits per heavy atom. The van der Waals surface area contributed by atoms with Gasteiger partial charge in [-0.05, 0) is 0 Å². The lowest BCUT2D eigenvalue weighted by atomic mass is 10.3. The van der Waals surface area contributed by atoms with Gasteiger partial charge < -0.3 is 9.64 Å². The molecule has 11 heteroatoms. The zero-order valence-corrected chi connectivity index (χ0v) is 15.1. The second-order valence-corrected chi connectivity index (χ2v) is 6.84. The number of nitrogens with zero attached hydrogens (tertiary/aromatic N) is 6. The zero-order chi connectivity index (χ0) is 17.6. The third-order valence-corrected chi connectivity index (χ3v) is 4.75. The molecule has 0 aliphatic carbocycles. The molecule has 1 atom stereocenters. The van der Waals surface area contributed by atoms with Crippen LogP contribution in [0.1, 0.15) is 18.4 Å². The second kappa shape index (κ2) is 8.14. The van der Waals surface area contributed by atoms with Gasteiger partial charge in [0.05, 0.1) is 6.54 Å². The molecule has 2 N–H and O–H groups in total. The van der Waals surface area contributed by atoms with Crippen LogP contribution in [-0.4, -0.2) is 42.6 Å². The minimum atomic E-state index is -0.655. The summed E-state index contributed by atoms with van der Waals surface area (Å²) in [6, 6.07) is 0. The van der Waals surface area contributed by atoms with Crippen LogP contribution < -0.4 is 10.6 Å². The van der Waals surface area contributed by atoms with Crippen molar-refractivity contribution in [3.8, 4) is 5.95 Å². The molecular formula is C14H17N7O2S2. The second-order valence-electron chi connectivity index (χ2n) is 5.13. The van der Waals surface area contributed by atoms with Gasteiger partial charge in [0.2, 0.25) is 11.1 Å². The first-order chi connectivity index (χ1) is 12.1. The van der Waals surface area contributed by atoms with E-state index in [2.05, 4.69) is 19.3 Å². The van der Waals surface area contributed by atoms with Crippen molar-refractivity contribution < 1.29 is 9.53 Å². The van der Waals surface area contributed by atoms with E-state index in [9.17, 15) is 4.79 Å². The highest BCUT2D eigenvalue weighted by Gasteiger charge is 2.17. The number of imidazole rings is 1. The SMILES string of the molecule is CC(=O)OC(N)CCN(Cc1nccs1)c1nc(-n2ccnc2)ns1. The van der Waals surface area contributed by atoms with Crippen LogP contribution in [0.3, 0.4) is 0 Å². The summed E-state index contributed by atoms with van der Waals surface area (Å²) in [5, 5.41) is 3.63. The number of aromatic nitrogens is 5. The fourth-order valence-electron chi connectivity index (χ4n) is 2.11. The largest absolute Gasteiger partial charge is 0.447 e. The van der Waals surface area contributed by atoms with Gasteiger partial charge in [0.25, 0.3) is 0 Å². The highest BCUT2D eigenvalue weighted by Crippen LogP contribution is 2.22. The van der Waals surface area contributed by atoms with E-state index in [1.807, 2.05) is 10.3 Å². The monoisotopic (exact) mass is 379 g/mol. The fourth-order valence-corrected chi connectivity index (χ4v) is 3.43. The number of carbonyl (C=O) groups is 1. The Bertz CT molecular complexity index is 788. The van der Waals surface area contributed by atoms with Crippen LogP contribution in [0.2, 0.25) is 0 Å². The van der Waals surface area contributed by atoms with E-state index in [4.69, 9.17) is 10.5 Å². The molecule has 0 saturated carbocycles. The number of ether oxygens (including phenoxy) is 1. The molecule has 3 aromatic heterocycles. The first kappa shape index (κ1) is 17.5. The number of rotatable bonds is 8. The maximum Gasteiger partial charge on any atom is 0.304 e. The molecule has 0 fully saturated rings. The summed E-state index contributed by atoms with van der Waals surface area (Å²) < 4.78 is 11.1. The van der Waals surface area contributed by atoms with Gasteiger partial charge in [0.15, 0.2) is 6.23 Å². The zero-order valence-electron chi connectivity index (χ0n) is 13.5. The lowest BCUT2D eigenvalue weighted by Gasteiger charge is -2.22. The third-order valence-electron chi connectivity index (χ3n) is 3.22. The number of thiazole rings is 1. The Kier molecular flexibility index (Phi) is 5.68. The van der Waals surface area contributed by atoms with Gasteiger partial charge in [-0.25, -0.2) is 9.97 Å². The molecule has 0 saturated heterocycles. The Morgan fingerprint density at radius 1 is 1.48 bits per heavy atom. The minimum absolute atomic E-state index is 0.391. The Labute approximate surface area is 152 Å². The molecule has 3 rings (SSSR count). The number of hydrogen-bond donors (Lipinski definition) is 1. The fraction of sp³-hybridized carbons (Fsp3) is 0.357. The van der Waals surface area contributed by atoms with E-state index in [1.165, 1.54) is 18.5 Å². The van der Waals surface area contributed by atoms with Crippen molar-refractivity contribution in [2.24, 2.45) is 5.73 Å². The van der Waals surface area contributed by atoms with E-state index in [0.717, 1.165) is 10.1 Å². The van der Waals surface area contributed by atoms with Gasteiger partial charge in [-0.2, -0.15) is 9.36 Å². The predicted molar refractivity (Wildman–Crippen MR) is 94.6 cm³/mol. The van der Waals surface area contributed by atoms with Gasteiger partial charge in [0.1, 0.15) is 11.3 Å². The molecule has 0 spiro atoms. The topological polar surface area (TPSA) is 112 Å². The van der Waals surface area contributed by atoms with E-state index >= 15 is 0 Å². The summed E-state index contributed by atoms with van der Waals surface area (Å²) in [5.74, 6) is 0.170. The summed E-state index contributed by atoms with van der Waals surface area (Å²) in [5.41, 5.74) is 5.83. The van der Waals surface area contributed by atoms with Crippen molar-refractivity contribution in [1.29, 1.82) is 0 Å². The van der Waals surface area contributed by atoms with Crippen LogP contribution >= 0.6 is 22.9 Å². The predicted octanol–water partition coefficient (Wildman–Crippen LogP) is 1.42. The summed E-state index contributed by atoms with van der Waals surface area (Å²) >= 11 is 2.86. The lowest BCUT2D eigenvalue weighted by molar-refractivity contribution is -0.146. The Morgan fingerprint density at radius 2 is 2.36 bits per heavy atom. The molecule has 3 aromatic rings. The van der Waals surface area contributed by atoms with E-state index in [-0.39, 0.29) is 0 Å². The lowest BCUT2D eigenvalue weighted by Crippen LogP contribution is -2.33. The van der Waals surface area contributed by atoms with Crippen LogP contribution in [0.4, 0.5) is 5.13 Å². The van der Waals surface area contributed by atoms with Crippen molar-refractivity contribution in [3.63, 3.8) is 0 Å². The molecule has 0 aromatic carbocycles. The maximum absolute atomic E-state index is 11.0. The number of nitrogens with two attached hydrogens (primary N) is 1. The molecule has 9 nitrogen and oxygen atoms in total. The van der Waals surface area contributed by atoms with Crippen LogP contribution in [0.5, 0.6) is 0 Å². The van der Waals surface area contributed by atoms with E-state index < -0.39 is 12.2 Å². The molecule has 0 aliphatic heterocycles. The van der Waals surface area contributed by atoms with Gasteiger partial charge in [-0.3, -0.25) is 15.1 Å². The van der Waals surface area contributed by atoms with Crippen LogP contribution in [-0.2, 0) is 16.1 Å². The summed E-state index contributed by atoms with van der Waals surface area (Å²) in [4.78, 5) is 25.9. The number of carbonyl (C=O) groups excluding carboxylic acids is 1. The summed E-state index contributed by atoms with van der Waals surface area (Å²) in [6.45, 7) is 2.49. The Balaban J connectivity index is 1.72. The molecule has 0 aliphatic rings. The molecule has 0 amide bonds. The highest BCUT2D eigenvalue weighted by molar-refractivity contribution is 7.10. The van der Waals surface area contributed by atoms with Crippen molar-refractivity contribution in [3.05, 3.63) is 35.3 Å². The van der Waals surface area contributed by atoms with Crippen molar-refractivity contribution in [2.75, 3.05) is 11.4 Å². The van der Waals surface area contributed by atoms with Gasteiger partial charge in [-0.1, -0.05) is 0 Å². The van der Waals surface area contributed by atoms with Crippen LogP contribution in [0.15, 0.2) is 30.3 Å². The molecule has 1 unspecified atom stereocenters. The number of esters is 1. The first-order valence-corrected chi connectivity index (χ1v) is 9.15. The standard InChI is InChI=1S/C14H17N7O2S2/c1-10(22)23-11(15)2-5-20(8-12-17-4-7-24-12)14-18-13(19-25-14)21-6-3-16-9-21/h3-4,6-7,9,11H,2,5,8,15H2,1H3. The smallest absolute Gasteiger partial charge is 0.304 e. The molecular weight excluding hydrogens is 362 g/mol. The van der Waals surface area contributed by atoms with Gasteiger partial charge in [0, 0.05) is 55.4 Å². The normalized spacial score (nSPS) is 12.1. The molecule has 0 radical (unpaired) electrons. The average molecular weight is 379 g/mol. The number of hydrogen-bond acceptors (Lipinski definition) is 10. The highest BCUT2D eigenvalue weighted by atomic mass is 32.1. The summed E-state index contributed by atoms with van der Waals surface area (Å²) in [6.07, 6.45) is 6.69. The maximum atomic E-state index is 11.0. The van der Waals surface area contributed by atoms with Crippen molar-refractivity contribution in [1.82, 2.24) is 23.9 Å². The molecule has 0 bridgehead atoms. The van der Waals surface area contributed by atoms with Crippen LogP contribution in [0.25, 0.3) is 5.95 Å². The Hall–Kier alpha value is -2.37. The van der Waals surface area contributed by atoms with Crippen LogP contribution in [0, 0.1) is 0 Å². The molecule has 3 heterocycles. The first-order valence-electron chi connectivity index (χ1n) is 7.50. The molecule has 132 valence electrons. The van der Waals surface area contributed by atoms with Crippen molar-refractivity contribution in [2.45, 2.75) is 26.1 Å².